The van der Waals surface area contributed by atoms with Gasteiger partial charge in [0.25, 0.3) is 0 Å². The summed E-state index contributed by atoms with van der Waals surface area (Å²) in [5, 5.41) is 3.04. The Hall–Kier alpha value is -2.01. The average Bonchev–Trinajstić information content (AvgIpc) is 2.42. The Morgan fingerprint density at radius 2 is 1.58 bits per heavy atom. The second-order valence-corrected chi connectivity index (χ2v) is 4.10. The van der Waals surface area contributed by atoms with Crippen LogP contribution in [0.2, 0.25) is 0 Å². The van der Waals surface area contributed by atoms with E-state index in [0.717, 1.165) is 17.8 Å². The third kappa shape index (κ3) is 3.06. The second-order valence-electron chi connectivity index (χ2n) is 4.10. The van der Waals surface area contributed by atoms with Crippen LogP contribution in [0.4, 0.5) is 18.9 Å². The van der Waals surface area contributed by atoms with Crippen LogP contribution in [0.3, 0.4) is 0 Å². The van der Waals surface area contributed by atoms with Gasteiger partial charge in [-0.05, 0) is 29.8 Å². The van der Waals surface area contributed by atoms with Gasteiger partial charge in [0.15, 0.2) is 17.5 Å². The summed E-state index contributed by atoms with van der Waals surface area (Å²) < 4.78 is 39.3. The molecule has 0 heterocycles. The fourth-order valence-electron chi connectivity index (χ4n) is 1.79. The van der Waals surface area contributed by atoms with Gasteiger partial charge in [-0.2, -0.15) is 0 Å². The molecule has 19 heavy (non-hydrogen) atoms. The van der Waals surface area contributed by atoms with E-state index in [4.69, 9.17) is 5.73 Å². The SMILES string of the molecule is NCC(Nc1ccccc1)c1cc(F)c(F)c(F)c1. The Labute approximate surface area is 109 Å². The highest BCUT2D eigenvalue weighted by Gasteiger charge is 2.16. The maximum atomic E-state index is 13.2. The Morgan fingerprint density at radius 3 is 2.11 bits per heavy atom. The zero-order valence-electron chi connectivity index (χ0n) is 10.0. The van der Waals surface area contributed by atoms with Crippen LogP contribution in [0.15, 0.2) is 42.5 Å². The number of halogens is 3. The Morgan fingerprint density at radius 1 is 1.00 bits per heavy atom. The number of para-hydroxylation sites is 1. The molecule has 3 N–H and O–H groups in total. The minimum atomic E-state index is -1.47. The first-order valence-electron chi connectivity index (χ1n) is 5.78. The summed E-state index contributed by atoms with van der Waals surface area (Å²) in [6.07, 6.45) is 0. The molecule has 0 radical (unpaired) electrons. The molecule has 0 aromatic heterocycles. The molecule has 0 aliphatic carbocycles. The van der Waals surface area contributed by atoms with Crippen molar-refractivity contribution in [2.45, 2.75) is 6.04 Å². The summed E-state index contributed by atoms with van der Waals surface area (Å²) in [4.78, 5) is 0. The number of hydrogen-bond acceptors (Lipinski definition) is 2. The van der Waals surface area contributed by atoms with Gasteiger partial charge in [0.2, 0.25) is 0 Å². The molecular weight excluding hydrogens is 253 g/mol. The zero-order valence-corrected chi connectivity index (χ0v) is 10.0. The lowest BCUT2D eigenvalue weighted by molar-refractivity contribution is 0.444. The molecule has 0 saturated carbocycles. The highest BCUT2D eigenvalue weighted by Crippen LogP contribution is 2.22. The Kier molecular flexibility index (Phi) is 4.06. The number of hydrogen-bond donors (Lipinski definition) is 2. The summed E-state index contributed by atoms with van der Waals surface area (Å²) >= 11 is 0. The Bertz CT molecular complexity index is 535. The molecule has 0 aliphatic rings. The molecule has 5 heteroatoms. The van der Waals surface area contributed by atoms with Gasteiger partial charge in [-0.1, -0.05) is 18.2 Å². The number of rotatable bonds is 4. The van der Waals surface area contributed by atoms with Crippen molar-refractivity contribution in [3.63, 3.8) is 0 Å². The van der Waals surface area contributed by atoms with Crippen LogP contribution in [-0.4, -0.2) is 6.54 Å². The maximum absolute atomic E-state index is 13.2. The van der Waals surface area contributed by atoms with E-state index in [-0.39, 0.29) is 12.1 Å². The van der Waals surface area contributed by atoms with Gasteiger partial charge in [-0.15, -0.1) is 0 Å². The van der Waals surface area contributed by atoms with Gasteiger partial charge in [0.1, 0.15) is 0 Å². The van der Waals surface area contributed by atoms with E-state index in [9.17, 15) is 13.2 Å². The molecule has 0 fully saturated rings. The summed E-state index contributed by atoms with van der Waals surface area (Å²) in [6, 6.07) is 10.5. The van der Waals surface area contributed by atoms with Crippen molar-refractivity contribution in [3.05, 3.63) is 65.5 Å². The van der Waals surface area contributed by atoms with Gasteiger partial charge in [-0.25, -0.2) is 13.2 Å². The topological polar surface area (TPSA) is 38.0 Å². The molecule has 100 valence electrons. The standard InChI is InChI=1S/C14H13F3N2/c15-11-6-9(7-12(16)14(11)17)13(8-18)19-10-4-2-1-3-5-10/h1-7,13,19H,8,18H2. The minimum absolute atomic E-state index is 0.124. The van der Waals surface area contributed by atoms with Gasteiger partial charge in [0, 0.05) is 12.2 Å². The fraction of sp³-hybridized carbons (Fsp3) is 0.143. The molecule has 2 aromatic rings. The first-order chi connectivity index (χ1) is 9.11. The summed E-state index contributed by atoms with van der Waals surface area (Å²) in [5.74, 6) is -3.91. The maximum Gasteiger partial charge on any atom is 0.194 e. The van der Waals surface area contributed by atoms with Crippen LogP contribution in [-0.2, 0) is 0 Å². The molecule has 2 nitrogen and oxygen atoms in total. The molecule has 1 unspecified atom stereocenters. The third-order valence-corrected chi connectivity index (χ3v) is 2.76. The zero-order chi connectivity index (χ0) is 13.8. The van der Waals surface area contributed by atoms with Gasteiger partial charge in [0.05, 0.1) is 6.04 Å². The quantitative estimate of drug-likeness (QED) is 0.834. The predicted molar refractivity (Wildman–Crippen MR) is 68.2 cm³/mol. The van der Waals surface area contributed by atoms with Gasteiger partial charge in [-0.3, -0.25) is 0 Å². The number of anilines is 1. The van der Waals surface area contributed by atoms with Crippen LogP contribution in [0.25, 0.3) is 0 Å². The van der Waals surface area contributed by atoms with Crippen molar-refractivity contribution in [3.8, 4) is 0 Å². The minimum Gasteiger partial charge on any atom is -0.377 e. The van der Waals surface area contributed by atoms with E-state index in [1.165, 1.54) is 0 Å². The summed E-state index contributed by atoms with van der Waals surface area (Å²) in [5.41, 5.74) is 6.62. The van der Waals surface area contributed by atoms with Crippen LogP contribution < -0.4 is 11.1 Å². The first kappa shape index (κ1) is 13.4. The van der Waals surface area contributed by atoms with E-state index in [1.807, 2.05) is 18.2 Å². The van der Waals surface area contributed by atoms with Gasteiger partial charge >= 0.3 is 0 Å². The molecule has 0 bridgehead atoms. The van der Waals surface area contributed by atoms with Crippen LogP contribution in [0.5, 0.6) is 0 Å². The van der Waals surface area contributed by atoms with E-state index in [2.05, 4.69) is 5.32 Å². The van der Waals surface area contributed by atoms with Crippen LogP contribution >= 0.6 is 0 Å². The molecule has 2 aromatic carbocycles. The van der Waals surface area contributed by atoms with E-state index in [0.29, 0.717) is 0 Å². The fourth-order valence-corrected chi connectivity index (χ4v) is 1.79. The molecule has 0 aliphatic heterocycles. The van der Waals surface area contributed by atoms with Crippen molar-refractivity contribution in [1.82, 2.24) is 0 Å². The summed E-state index contributed by atoms with van der Waals surface area (Å²) in [7, 11) is 0. The highest BCUT2D eigenvalue weighted by atomic mass is 19.2. The molecule has 2 rings (SSSR count). The molecule has 1 atom stereocenters. The van der Waals surface area contributed by atoms with Crippen LogP contribution in [0.1, 0.15) is 11.6 Å². The second kappa shape index (κ2) is 5.75. The van der Waals surface area contributed by atoms with Crippen molar-refractivity contribution in [1.29, 1.82) is 0 Å². The van der Waals surface area contributed by atoms with Crippen molar-refractivity contribution in [2.75, 3.05) is 11.9 Å². The predicted octanol–water partition coefficient (Wildman–Crippen LogP) is 3.22. The van der Waals surface area contributed by atoms with Crippen molar-refractivity contribution >= 4 is 5.69 Å². The lowest BCUT2D eigenvalue weighted by Crippen LogP contribution is -2.21. The lowest BCUT2D eigenvalue weighted by atomic mass is 10.1. The monoisotopic (exact) mass is 266 g/mol. The van der Waals surface area contributed by atoms with E-state index < -0.39 is 23.5 Å². The highest BCUT2D eigenvalue weighted by molar-refractivity contribution is 5.45. The molecule has 0 saturated heterocycles. The Balaban J connectivity index is 2.27. The van der Waals surface area contributed by atoms with Crippen LogP contribution in [0, 0.1) is 17.5 Å². The molecular formula is C14H13F3N2. The van der Waals surface area contributed by atoms with E-state index >= 15 is 0 Å². The number of nitrogens with one attached hydrogen (secondary N) is 1. The average molecular weight is 266 g/mol. The van der Waals surface area contributed by atoms with Crippen molar-refractivity contribution in [2.24, 2.45) is 5.73 Å². The summed E-state index contributed by atoms with van der Waals surface area (Å²) in [6.45, 7) is 0.124. The molecule has 0 amide bonds. The van der Waals surface area contributed by atoms with Gasteiger partial charge < -0.3 is 11.1 Å². The van der Waals surface area contributed by atoms with Crippen molar-refractivity contribution < 1.29 is 13.2 Å². The number of nitrogens with two attached hydrogens (primary N) is 1. The third-order valence-electron chi connectivity index (χ3n) is 2.76. The van der Waals surface area contributed by atoms with E-state index in [1.54, 1.807) is 12.1 Å². The lowest BCUT2D eigenvalue weighted by Gasteiger charge is -2.19. The normalized spacial score (nSPS) is 12.2. The largest absolute Gasteiger partial charge is 0.377 e. The molecule has 0 spiro atoms. The smallest absolute Gasteiger partial charge is 0.194 e. The number of benzene rings is 2. The first-order valence-corrected chi connectivity index (χ1v) is 5.78.